The molecule has 96 valence electrons. The standard InChI is InChI=1S/C9H12N6O3/c1-5-8(16)11-2-3-14(5)7-6(15(17)18)4-12-9(10)13-7/h4-5H,2-3H2,1H3,(H,11,16)(H2,10,12,13). The zero-order valence-electron chi connectivity index (χ0n) is 9.66. The zero-order chi connectivity index (χ0) is 13.3. The van der Waals surface area contributed by atoms with Crippen LogP contribution < -0.4 is 16.0 Å². The van der Waals surface area contributed by atoms with Gasteiger partial charge in [0.05, 0.1) is 4.92 Å². The second-order valence-corrected chi connectivity index (χ2v) is 3.85. The van der Waals surface area contributed by atoms with Crippen molar-refractivity contribution in [3.63, 3.8) is 0 Å². The van der Waals surface area contributed by atoms with Crippen molar-refractivity contribution in [1.82, 2.24) is 15.3 Å². The van der Waals surface area contributed by atoms with Gasteiger partial charge in [0.1, 0.15) is 12.2 Å². The molecule has 0 spiro atoms. The van der Waals surface area contributed by atoms with E-state index < -0.39 is 11.0 Å². The van der Waals surface area contributed by atoms with Crippen molar-refractivity contribution in [3.8, 4) is 0 Å². The summed E-state index contributed by atoms with van der Waals surface area (Å²) >= 11 is 0. The first-order chi connectivity index (χ1) is 8.50. The third-order valence-corrected chi connectivity index (χ3v) is 2.74. The number of carbonyl (C=O) groups is 1. The number of nitrogens with one attached hydrogen (secondary N) is 1. The van der Waals surface area contributed by atoms with Gasteiger partial charge in [0, 0.05) is 13.1 Å². The fourth-order valence-corrected chi connectivity index (χ4v) is 1.79. The molecule has 1 aromatic heterocycles. The molecule has 0 saturated carbocycles. The molecule has 1 aromatic rings. The van der Waals surface area contributed by atoms with Crippen LogP contribution in [0.2, 0.25) is 0 Å². The lowest BCUT2D eigenvalue weighted by molar-refractivity contribution is -0.384. The fourth-order valence-electron chi connectivity index (χ4n) is 1.79. The van der Waals surface area contributed by atoms with Gasteiger partial charge >= 0.3 is 5.69 Å². The highest BCUT2D eigenvalue weighted by molar-refractivity contribution is 5.86. The van der Waals surface area contributed by atoms with Crippen LogP contribution in [0.1, 0.15) is 6.92 Å². The van der Waals surface area contributed by atoms with Crippen molar-refractivity contribution >= 4 is 23.4 Å². The van der Waals surface area contributed by atoms with Crippen molar-refractivity contribution in [2.45, 2.75) is 13.0 Å². The minimum absolute atomic E-state index is 0.0613. The van der Waals surface area contributed by atoms with Crippen molar-refractivity contribution in [2.75, 3.05) is 23.7 Å². The lowest BCUT2D eigenvalue weighted by atomic mass is 10.2. The molecule has 1 atom stereocenters. The highest BCUT2D eigenvalue weighted by Gasteiger charge is 2.31. The molecule has 2 heterocycles. The Hall–Kier alpha value is -2.45. The van der Waals surface area contributed by atoms with Gasteiger partial charge in [0.25, 0.3) is 0 Å². The lowest BCUT2D eigenvalue weighted by Gasteiger charge is -2.33. The van der Waals surface area contributed by atoms with Crippen LogP contribution in [-0.4, -0.2) is 39.9 Å². The topological polar surface area (TPSA) is 127 Å². The molecule has 0 aromatic carbocycles. The fraction of sp³-hybridized carbons (Fsp3) is 0.444. The molecular weight excluding hydrogens is 240 g/mol. The smallest absolute Gasteiger partial charge is 0.329 e. The number of nitro groups is 1. The van der Waals surface area contributed by atoms with E-state index in [1.165, 1.54) is 0 Å². The lowest BCUT2D eigenvalue weighted by Crippen LogP contribution is -2.54. The van der Waals surface area contributed by atoms with Crippen molar-refractivity contribution in [2.24, 2.45) is 0 Å². The number of amides is 1. The first-order valence-corrected chi connectivity index (χ1v) is 5.32. The summed E-state index contributed by atoms with van der Waals surface area (Å²) in [5.74, 6) is -0.184. The Morgan fingerprint density at radius 2 is 2.39 bits per heavy atom. The van der Waals surface area contributed by atoms with Crippen molar-refractivity contribution in [3.05, 3.63) is 16.3 Å². The van der Waals surface area contributed by atoms with Crippen LogP contribution in [0.15, 0.2) is 6.20 Å². The Morgan fingerprint density at radius 3 is 3.06 bits per heavy atom. The molecule has 3 N–H and O–H groups in total. The third kappa shape index (κ3) is 2.01. The molecular formula is C9H12N6O3. The highest BCUT2D eigenvalue weighted by Crippen LogP contribution is 2.27. The van der Waals surface area contributed by atoms with Gasteiger partial charge in [-0.1, -0.05) is 0 Å². The molecule has 0 aliphatic carbocycles. The SMILES string of the molecule is CC1C(=O)NCCN1c1nc(N)ncc1[N+](=O)[O-]. The molecule has 1 unspecified atom stereocenters. The van der Waals surface area contributed by atoms with Gasteiger partial charge in [-0.05, 0) is 6.92 Å². The summed E-state index contributed by atoms with van der Waals surface area (Å²) in [7, 11) is 0. The predicted molar refractivity (Wildman–Crippen MR) is 62.9 cm³/mol. The van der Waals surface area contributed by atoms with Gasteiger partial charge in [-0.25, -0.2) is 4.98 Å². The normalized spacial score (nSPS) is 19.5. The van der Waals surface area contributed by atoms with E-state index in [1.54, 1.807) is 11.8 Å². The van der Waals surface area contributed by atoms with Gasteiger partial charge in [-0.3, -0.25) is 14.9 Å². The third-order valence-electron chi connectivity index (χ3n) is 2.74. The van der Waals surface area contributed by atoms with Crippen LogP contribution in [-0.2, 0) is 4.79 Å². The number of rotatable bonds is 2. The van der Waals surface area contributed by atoms with E-state index in [0.717, 1.165) is 6.20 Å². The Morgan fingerprint density at radius 1 is 1.67 bits per heavy atom. The van der Waals surface area contributed by atoms with Gasteiger partial charge in [-0.2, -0.15) is 4.98 Å². The van der Waals surface area contributed by atoms with E-state index in [2.05, 4.69) is 15.3 Å². The summed E-state index contributed by atoms with van der Waals surface area (Å²) in [5.41, 5.74) is 5.18. The van der Waals surface area contributed by atoms with E-state index in [0.29, 0.717) is 13.1 Å². The number of carbonyl (C=O) groups excluding carboxylic acids is 1. The Balaban J connectivity index is 2.45. The van der Waals surface area contributed by atoms with E-state index in [1.807, 2.05) is 0 Å². The number of nitrogens with two attached hydrogens (primary N) is 1. The van der Waals surface area contributed by atoms with Crippen LogP contribution in [0.25, 0.3) is 0 Å². The summed E-state index contributed by atoms with van der Waals surface area (Å²) < 4.78 is 0. The molecule has 0 bridgehead atoms. The second kappa shape index (κ2) is 4.43. The molecule has 18 heavy (non-hydrogen) atoms. The molecule has 9 nitrogen and oxygen atoms in total. The molecule has 1 amide bonds. The van der Waals surface area contributed by atoms with Crippen LogP contribution >= 0.6 is 0 Å². The maximum Gasteiger partial charge on any atom is 0.329 e. The van der Waals surface area contributed by atoms with E-state index in [-0.39, 0.29) is 23.4 Å². The quantitative estimate of drug-likeness (QED) is 0.525. The average Bonchev–Trinajstić information content (AvgIpc) is 2.32. The molecule has 1 fully saturated rings. The molecule has 9 heteroatoms. The van der Waals surface area contributed by atoms with Crippen LogP contribution in [0.5, 0.6) is 0 Å². The van der Waals surface area contributed by atoms with E-state index in [9.17, 15) is 14.9 Å². The summed E-state index contributed by atoms with van der Waals surface area (Å²) in [5, 5.41) is 13.6. The summed E-state index contributed by atoms with van der Waals surface area (Å²) in [6, 6.07) is -0.535. The minimum Gasteiger partial charge on any atom is -0.368 e. The van der Waals surface area contributed by atoms with Gasteiger partial charge in [0.15, 0.2) is 0 Å². The monoisotopic (exact) mass is 252 g/mol. The Kier molecular flexibility index (Phi) is 2.96. The van der Waals surface area contributed by atoms with Crippen LogP contribution in [0.3, 0.4) is 0 Å². The van der Waals surface area contributed by atoms with E-state index in [4.69, 9.17) is 5.73 Å². The van der Waals surface area contributed by atoms with Gasteiger partial charge in [-0.15, -0.1) is 0 Å². The molecule has 0 radical (unpaired) electrons. The summed E-state index contributed by atoms with van der Waals surface area (Å²) in [6.45, 7) is 2.49. The van der Waals surface area contributed by atoms with Gasteiger partial charge < -0.3 is 16.0 Å². The average molecular weight is 252 g/mol. The van der Waals surface area contributed by atoms with Crippen LogP contribution in [0, 0.1) is 10.1 Å². The second-order valence-electron chi connectivity index (χ2n) is 3.85. The molecule has 2 rings (SSSR count). The predicted octanol–water partition coefficient (Wildman–Crippen LogP) is -0.708. The minimum atomic E-state index is -0.589. The zero-order valence-corrected chi connectivity index (χ0v) is 9.66. The largest absolute Gasteiger partial charge is 0.368 e. The van der Waals surface area contributed by atoms with Crippen molar-refractivity contribution < 1.29 is 9.72 Å². The van der Waals surface area contributed by atoms with Gasteiger partial charge in [0.2, 0.25) is 17.7 Å². The first kappa shape index (κ1) is 12.0. The number of nitrogen functional groups attached to an aromatic ring is 1. The molecule has 1 aliphatic rings. The summed E-state index contributed by atoms with van der Waals surface area (Å²) in [4.78, 5) is 30.9. The Bertz CT molecular complexity index is 505. The number of hydrogen-bond acceptors (Lipinski definition) is 7. The highest BCUT2D eigenvalue weighted by atomic mass is 16.6. The number of piperazine rings is 1. The number of anilines is 2. The summed E-state index contributed by atoms with van der Waals surface area (Å²) in [6.07, 6.45) is 1.05. The molecule has 1 aliphatic heterocycles. The number of aromatic nitrogens is 2. The number of nitrogens with zero attached hydrogens (tertiary/aromatic N) is 4. The van der Waals surface area contributed by atoms with Crippen LogP contribution in [0.4, 0.5) is 17.5 Å². The first-order valence-electron chi connectivity index (χ1n) is 5.32. The Labute approximate surface area is 102 Å². The maximum absolute atomic E-state index is 11.5. The van der Waals surface area contributed by atoms with Crippen molar-refractivity contribution in [1.29, 1.82) is 0 Å². The van der Waals surface area contributed by atoms with E-state index >= 15 is 0 Å². The molecule has 1 saturated heterocycles. The number of hydrogen-bond donors (Lipinski definition) is 2. The maximum atomic E-state index is 11.5.